The second-order valence-corrected chi connectivity index (χ2v) is 4.84. The van der Waals surface area contributed by atoms with Gasteiger partial charge in [-0.25, -0.2) is 0 Å². The summed E-state index contributed by atoms with van der Waals surface area (Å²) in [6.07, 6.45) is 0. The van der Waals surface area contributed by atoms with Gasteiger partial charge in [0.1, 0.15) is 17.2 Å². The molecule has 0 aliphatic rings. The number of anilines is 1. The largest absolute Gasteiger partial charge is 0.492 e. The minimum absolute atomic E-state index is 0.506. The van der Waals surface area contributed by atoms with Crippen LogP contribution in [-0.4, -0.2) is 13.2 Å². The van der Waals surface area contributed by atoms with E-state index in [1.54, 1.807) is 24.3 Å². The topological polar surface area (TPSA) is 69.2 Å². The second kappa shape index (κ2) is 7.66. The van der Waals surface area contributed by atoms with E-state index in [1.807, 2.05) is 26.0 Å². The first-order valence-corrected chi connectivity index (χ1v) is 7.38. The molecule has 0 saturated heterocycles. The number of rotatable bonds is 6. The number of nitrogens with zero attached hydrogens (tertiary/aromatic N) is 2. The molecule has 0 saturated carbocycles. The van der Waals surface area contributed by atoms with Gasteiger partial charge in [0, 0.05) is 17.2 Å². The van der Waals surface area contributed by atoms with Crippen LogP contribution in [0.15, 0.2) is 46.6 Å². The molecule has 0 fully saturated rings. The van der Waals surface area contributed by atoms with E-state index < -0.39 is 0 Å². The predicted octanol–water partition coefficient (Wildman–Crippen LogP) is 5.14. The Morgan fingerprint density at radius 1 is 1.00 bits per heavy atom. The van der Waals surface area contributed by atoms with E-state index in [4.69, 9.17) is 26.8 Å². The zero-order valence-electron chi connectivity index (χ0n) is 12.5. The highest BCUT2D eigenvalue weighted by atomic mass is 35.5. The summed E-state index contributed by atoms with van der Waals surface area (Å²) >= 11 is 5.93. The molecule has 2 rings (SSSR count). The van der Waals surface area contributed by atoms with Gasteiger partial charge in [0.2, 0.25) is 0 Å². The Kier molecular flexibility index (Phi) is 5.61. The molecule has 0 amide bonds. The monoisotopic (exact) mass is 319 g/mol. The summed E-state index contributed by atoms with van der Waals surface area (Å²) in [4.78, 5) is 0. The van der Waals surface area contributed by atoms with Crippen molar-refractivity contribution in [1.29, 1.82) is 0 Å². The summed E-state index contributed by atoms with van der Waals surface area (Å²) in [6, 6.07) is 10.6. The quantitative estimate of drug-likeness (QED) is 0.592. The van der Waals surface area contributed by atoms with Crippen LogP contribution < -0.4 is 15.2 Å². The molecule has 0 unspecified atom stereocenters. The van der Waals surface area contributed by atoms with Gasteiger partial charge < -0.3 is 15.2 Å². The number of ether oxygens (including phenoxy) is 2. The molecule has 0 aliphatic heterocycles. The molecule has 0 spiro atoms. The molecule has 2 N–H and O–H groups in total. The van der Waals surface area contributed by atoms with Crippen LogP contribution in [0, 0.1) is 0 Å². The number of azo groups is 1. The van der Waals surface area contributed by atoms with Crippen molar-refractivity contribution in [3.63, 3.8) is 0 Å². The van der Waals surface area contributed by atoms with Gasteiger partial charge in [-0.2, -0.15) is 5.11 Å². The second-order valence-electron chi connectivity index (χ2n) is 4.40. The summed E-state index contributed by atoms with van der Waals surface area (Å²) in [6.45, 7) is 4.81. The lowest BCUT2D eigenvalue weighted by Crippen LogP contribution is -1.99. The lowest BCUT2D eigenvalue weighted by molar-refractivity contribution is 0.333. The van der Waals surface area contributed by atoms with E-state index in [1.165, 1.54) is 0 Å². The highest BCUT2D eigenvalue weighted by Gasteiger charge is 2.10. The molecule has 2 aromatic rings. The normalized spacial score (nSPS) is 10.9. The van der Waals surface area contributed by atoms with Gasteiger partial charge >= 0.3 is 0 Å². The molecule has 0 aliphatic carbocycles. The number of halogens is 1. The van der Waals surface area contributed by atoms with E-state index in [-0.39, 0.29) is 0 Å². The van der Waals surface area contributed by atoms with Crippen LogP contribution in [0.3, 0.4) is 0 Å². The van der Waals surface area contributed by atoms with Crippen LogP contribution in [0.1, 0.15) is 13.8 Å². The van der Waals surface area contributed by atoms with Gasteiger partial charge in [-0.05, 0) is 32.0 Å². The molecule has 0 aromatic heterocycles. The molecular weight excluding hydrogens is 302 g/mol. The maximum Gasteiger partial charge on any atom is 0.149 e. The summed E-state index contributed by atoms with van der Waals surface area (Å²) in [5.41, 5.74) is 7.66. The Balaban J connectivity index is 2.36. The number of hydrogen-bond acceptors (Lipinski definition) is 5. The van der Waals surface area contributed by atoms with Gasteiger partial charge in [-0.15, -0.1) is 5.11 Å². The van der Waals surface area contributed by atoms with Crippen LogP contribution in [0.2, 0.25) is 5.02 Å². The maximum absolute atomic E-state index is 5.94. The Labute approximate surface area is 134 Å². The lowest BCUT2D eigenvalue weighted by atomic mass is 10.2. The van der Waals surface area contributed by atoms with E-state index >= 15 is 0 Å². The van der Waals surface area contributed by atoms with Crippen molar-refractivity contribution in [3.05, 3.63) is 41.4 Å². The van der Waals surface area contributed by atoms with Crippen LogP contribution in [-0.2, 0) is 0 Å². The Morgan fingerprint density at radius 2 is 1.73 bits per heavy atom. The van der Waals surface area contributed by atoms with E-state index in [0.717, 1.165) is 0 Å². The predicted molar refractivity (Wildman–Crippen MR) is 88.8 cm³/mol. The standard InChI is InChI=1S/C16H18ClN3O2/c1-3-21-15-10-14(16(22-4-2)9-13(15)18)20-19-12-7-5-6-11(17)8-12/h5-10H,3-4,18H2,1-2H3. The zero-order chi connectivity index (χ0) is 15.9. The van der Waals surface area contributed by atoms with Crippen molar-refractivity contribution in [2.24, 2.45) is 10.2 Å². The molecule has 5 nitrogen and oxygen atoms in total. The van der Waals surface area contributed by atoms with Crippen molar-refractivity contribution in [2.75, 3.05) is 18.9 Å². The zero-order valence-corrected chi connectivity index (χ0v) is 13.3. The highest BCUT2D eigenvalue weighted by molar-refractivity contribution is 6.30. The highest BCUT2D eigenvalue weighted by Crippen LogP contribution is 2.37. The van der Waals surface area contributed by atoms with Crippen molar-refractivity contribution >= 4 is 28.7 Å². The third kappa shape index (κ3) is 4.11. The molecule has 0 heterocycles. The molecule has 22 heavy (non-hydrogen) atoms. The fourth-order valence-electron chi connectivity index (χ4n) is 1.84. The van der Waals surface area contributed by atoms with Crippen LogP contribution in [0.25, 0.3) is 0 Å². The third-order valence-electron chi connectivity index (χ3n) is 2.77. The average molecular weight is 320 g/mol. The van der Waals surface area contributed by atoms with Crippen LogP contribution in [0.5, 0.6) is 11.5 Å². The third-order valence-corrected chi connectivity index (χ3v) is 3.01. The van der Waals surface area contributed by atoms with Gasteiger partial charge in [0.25, 0.3) is 0 Å². The summed E-state index contributed by atoms with van der Waals surface area (Å²) in [7, 11) is 0. The van der Waals surface area contributed by atoms with Crippen molar-refractivity contribution < 1.29 is 9.47 Å². The summed E-state index contributed by atoms with van der Waals surface area (Å²) in [5, 5.41) is 9.01. The summed E-state index contributed by atoms with van der Waals surface area (Å²) < 4.78 is 11.0. The van der Waals surface area contributed by atoms with E-state index in [9.17, 15) is 0 Å². The molecule has 0 radical (unpaired) electrons. The molecule has 116 valence electrons. The van der Waals surface area contributed by atoms with Gasteiger partial charge in [-0.3, -0.25) is 0 Å². The van der Waals surface area contributed by atoms with Gasteiger partial charge in [0.05, 0.1) is 24.6 Å². The lowest BCUT2D eigenvalue weighted by Gasteiger charge is -2.11. The minimum Gasteiger partial charge on any atom is -0.492 e. The Bertz CT molecular complexity index is 674. The van der Waals surface area contributed by atoms with Crippen LogP contribution in [0.4, 0.5) is 17.1 Å². The van der Waals surface area contributed by atoms with Crippen molar-refractivity contribution in [2.45, 2.75) is 13.8 Å². The van der Waals surface area contributed by atoms with Crippen molar-refractivity contribution in [3.8, 4) is 11.5 Å². The van der Waals surface area contributed by atoms with Crippen LogP contribution >= 0.6 is 11.6 Å². The average Bonchev–Trinajstić information content (AvgIpc) is 2.49. The molecule has 6 heteroatoms. The molecular formula is C16H18ClN3O2. The number of nitrogen functional groups attached to an aromatic ring is 1. The number of nitrogens with two attached hydrogens (primary N) is 1. The molecule has 0 atom stereocenters. The molecule has 0 bridgehead atoms. The van der Waals surface area contributed by atoms with Gasteiger partial charge in [0.15, 0.2) is 0 Å². The number of benzene rings is 2. The minimum atomic E-state index is 0.506. The van der Waals surface area contributed by atoms with Gasteiger partial charge in [-0.1, -0.05) is 17.7 Å². The number of hydrogen-bond donors (Lipinski definition) is 1. The first-order chi connectivity index (χ1) is 10.6. The maximum atomic E-state index is 5.94. The first-order valence-electron chi connectivity index (χ1n) is 7.00. The Morgan fingerprint density at radius 3 is 2.41 bits per heavy atom. The first kappa shape index (κ1) is 16.1. The smallest absolute Gasteiger partial charge is 0.149 e. The Hall–Kier alpha value is -2.27. The van der Waals surface area contributed by atoms with E-state index in [0.29, 0.717) is 46.8 Å². The van der Waals surface area contributed by atoms with E-state index in [2.05, 4.69) is 10.2 Å². The summed E-state index contributed by atoms with van der Waals surface area (Å²) in [5.74, 6) is 1.13. The molecule has 2 aromatic carbocycles. The SMILES string of the molecule is CCOc1cc(N=Nc2cccc(Cl)c2)c(OCC)cc1N. The van der Waals surface area contributed by atoms with Crippen molar-refractivity contribution in [1.82, 2.24) is 0 Å². The fourth-order valence-corrected chi connectivity index (χ4v) is 2.03. The fraction of sp³-hybridized carbons (Fsp3) is 0.250.